The Morgan fingerprint density at radius 3 is 1.50 bits per heavy atom. The van der Waals surface area contributed by atoms with Crippen LogP contribution in [0.5, 0.6) is 0 Å². The molecular formula is C15H21N. The average Bonchev–Trinajstić information content (AvgIpc) is 2.27. The molecule has 0 N–H and O–H groups in total. The van der Waals surface area contributed by atoms with Crippen molar-refractivity contribution in [1.82, 2.24) is 4.90 Å². The maximum absolute atomic E-state index is 3.72. The van der Waals surface area contributed by atoms with E-state index in [2.05, 4.69) is 18.1 Å². The predicted molar refractivity (Wildman–Crippen MR) is 74.0 cm³/mol. The molecule has 0 saturated carbocycles. The van der Waals surface area contributed by atoms with Crippen molar-refractivity contribution in [1.29, 1.82) is 0 Å². The van der Waals surface area contributed by atoms with E-state index >= 15 is 0 Å². The first-order chi connectivity index (χ1) is 7.71. The molecule has 0 unspecified atom stereocenters. The molecule has 0 heterocycles. The minimum Gasteiger partial charge on any atom is -0.345 e. The van der Waals surface area contributed by atoms with Gasteiger partial charge in [0.05, 0.1) is 0 Å². The zero-order valence-electron chi connectivity index (χ0n) is 10.5. The van der Waals surface area contributed by atoms with Gasteiger partial charge in [-0.2, -0.15) is 0 Å². The molecule has 0 aromatic heterocycles. The Hall–Kier alpha value is -1.76. The number of rotatable bonds is 6. The minimum absolute atomic E-state index is 1.09. The fourth-order valence-corrected chi connectivity index (χ4v) is 1.29. The third kappa shape index (κ3) is 4.65. The highest BCUT2D eigenvalue weighted by molar-refractivity contribution is 5.31. The van der Waals surface area contributed by atoms with Crippen molar-refractivity contribution < 1.29 is 0 Å². The SMILES string of the molecule is C=C/C=C(\C=C/C)N(C)C(/C=C\C)=C/C=C. The zero-order chi connectivity index (χ0) is 12.4. The summed E-state index contributed by atoms with van der Waals surface area (Å²) in [4.78, 5) is 2.09. The van der Waals surface area contributed by atoms with E-state index in [9.17, 15) is 0 Å². The van der Waals surface area contributed by atoms with Gasteiger partial charge in [0.25, 0.3) is 0 Å². The molecule has 86 valence electrons. The van der Waals surface area contributed by atoms with Crippen LogP contribution in [0.3, 0.4) is 0 Å². The maximum Gasteiger partial charge on any atom is 0.0404 e. The zero-order valence-corrected chi connectivity index (χ0v) is 10.5. The van der Waals surface area contributed by atoms with Crippen LogP contribution in [0.1, 0.15) is 13.8 Å². The van der Waals surface area contributed by atoms with Crippen molar-refractivity contribution in [3.05, 3.63) is 73.2 Å². The highest BCUT2D eigenvalue weighted by atomic mass is 15.1. The fourth-order valence-electron chi connectivity index (χ4n) is 1.29. The monoisotopic (exact) mass is 215 g/mol. The van der Waals surface area contributed by atoms with E-state index in [1.165, 1.54) is 0 Å². The summed E-state index contributed by atoms with van der Waals surface area (Å²) in [7, 11) is 2.02. The first-order valence-electron chi connectivity index (χ1n) is 5.35. The second-order valence-electron chi connectivity index (χ2n) is 3.21. The normalized spacial score (nSPS) is 13.4. The highest BCUT2D eigenvalue weighted by Crippen LogP contribution is 2.13. The summed E-state index contributed by atoms with van der Waals surface area (Å²) >= 11 is 0. The number of allylic oxidation sites excluding steroid dienone is 8. The molecule has 1 nitrogen and oxygen atoms in total. The molecule has 0 spiro atoms. The van der Waals surface area contributed by atoms with Crippen molar-refractivity contribution in [2.45, 2.75) is 13.8 Å². The van der Waals surface area contributed by atoms with Gasteiger partial charge in [0.2, 0.25) is 0 Å². The lowest BCUT2D eigenvalue weighted by Crippen LogP contribution is -2.14. The fraction of sp³-hybridized carbons (Fsp3) is 0.200. The number of nitrogens with zero attached hydrogens (tertiary/aromatic N) is 1. The number of hydrogen-bond donors (Lipinski definition) is 0. The van der Waals surface area contributed by atoms with Gasteiger partial charge in [0.1, 0.15) is 0 Å². The standard InChI is InChI=1S/C15H21N/c1-6-10-14(11-7-2)16(5)15(12-8-3)13-9-4/h6-13H,1,3H2,2,4-5H3/b11-7-,13-9-,14-10+,15-12+. The summed E-state index contributed by atoms with van der Waals surface area (Å²) in [6.45, 7) is 11.4. The Labute approximate surface area is 99.5 Å². The van der Waals surface area contributed by atoms with Gasteiger partial charge in [-0.25, -0.2) is 0 Å². The summed E-state index contributed by atoms with van der Waals surface area (Å²) in [5, 5.41) is 0. The van der Waals surface area contributed by atoms with Gasteiger partial charge in [0.15, 0.2) is 0 Å². The van der Waals surface area contributed by atoms with Crippen LogP contribution in [0, 0.1) is 0 Å². The molecule has 0 atom stereocenters. The molecule has 16 heavy (non-hydrogen) atoms. The topological polar surface area (TPSA) is 3.24 Å². The average molecular weight is 215 g/mol. The van der Waals surface area contributed by atoms with Gasteiger partial charge in [0, 0.05) is 18.4 Å². The Morgan fingerprint density at radius 2 is 1.25 bits per heavy atom. The van der Waals surface area contributed by atoms with Gasteiger partial charge in [-0.15, -0.1) is 0 Å². The van der Waals surface area contributed by atoms with E-state index in [4.69, 9.17) is 0 Å². The van der Waals surface area contributed by atoms with E-state index in [1.54, 1.807) is 12.2 Å². The maximum atomic E-state index is 3.72. The van der Waals surface area contributed by atoms with Gasteiger partial charge in [-0.05, 0) is 38.2 Å². The van der Waals surface area contributed by atoms with Gasteiger partial charge in [-0.3, -0.25) is 0 Å². The molecule has 0 radical (unpaired) electrons. The quantitative estimate of drug-likeness (QED) is 0.600. The van der Waals surface area contributed by atoms with Crippen LogP contribution < -0.4 is 0 Å². The summed E-state index contributed by atoms with van der Waals surface area (Å²) in [6, 6.07) is 0. The van der Waals surface area contributed by atoms with Crippen molar-refractivity contribution in [3.63, 3.8) is 0 Å². The van der Waals surface area contributed by atoms with Crippen LogP contribution in [0.2, 0.25) is 0 Å². The lowest BCUT2D eigenvalue weighted by atomic mass is 10.2. The molecule has 0 saturated heterocycles. The van der Waals surface area contributed by atoms with Crippen molar-refractivity contribution >= 4 is 0 Å². The van der Waals surface area contributed by atoms with Crippen molar-refractivity contribution in [2.24, 2.45) is 0 Å². The molecular weight excluding hydrogens is 194 g/mol. The largest absolute Gasteiger partial charge is 0.345 e. The van der Waals surface area contributed by atoms with Crippen LogP contribution in [0.4, 0.5) is 0 Å². The minimum atomic E-state index is 1.09. The second-order valence-corrected chi connectivity index (χ2v) is 3.21. The van der Waals surface area contributed by atoms with Gasteiger partial charge < -0.3 is 4.90 Å². The van der Waals surface area contributed by atoms with E-state index in [1.807, 2.05) is 57.4 Å². The summed E-state index contributed by atoms with van der Waals surface area (Å²) < 4.78 is 0. The van der Waals surface area contributed by atoms with E-state index in [-0.39, 0.29) is 0 Å². The Bertz CT molecular complexity index is 306. The van der Waals surface area contributed by atoms with Crippen LogP contribution in [0.25, 0.3) is 0 Å². The van der Waals surface area contributed by atoms with Crippen molar-refractivity contribution in [3.8, 4) is 0 Å². The van der Waals surface area contributed by atoms with Gasteiger partial charge >= 0.3 is 0 Å². The van der Waals surface area contributed by atoms with E-state index < -0.39 is 0 Å². The van der Waals surface area contributed by atoms with Crippen LogP contribution in [-0.4, -0.2) is 11.9 Å². The summed E-state index contributed by atoms with van der Waals surface area (Å²) in [6.07, 6.45) is 15.6. The first kappa shape index (κ1) is 14.2. The molecule has 0 aliphatic carbocycles. The third-order valence-electron chi connectivity index (χ3n) is 2.03. The van der Waals surface area contributed by atoms with E-state index in [0.29, 0.717) is 0 Å². The molecule has 0 aromatic carbocycles. The Balaban J connectivity index is 5.17. The smallest absolute Gasteiger partial charge is 0.0404 e. The summed E-state index contributed by atoms with van der Waals surface area (Å²) in [5.41, 5.74) is 2.17. The first-order valence-corrected chi connectivity index (χ1v) is 5.35. The lowest BCUT2D eigenvalue weighted by Gasteiger charge is -2.21. The predicted octanol–water partition coefficient (Wildman–Crippen LogP) is 4.21. The van der Waals surface area contributed by atoms with Crippen LogP contribution in [0.15, 0.2) is 73.2 Å². The molecule has 0 aromatic rings. The highest BCUT2D eigenvalue weighted by Gasteiger charge is 2.02. The second kappa shape index (κ2) is 8.54. The molecule has 0 rings (SSSR count). The molecule has 0 aliphatic rings. The molecule has 0 amide bonds. The third-order valence-corrected chi connectivity index (χ3v) is 2.03. The van der Waals surface area contributed by atoms with Crippen LogP contribution in [-0.2, 0) is 0 Å². The molecule has 0 fully saturated rings. The van der Waals surface area contributed by atoms with Gasteiger partial charge in [-0.1, -0.05) is 37.5 Å². The Morgan fingerprint density at radius 1 is 0.875 bits per heavy atom. The van der Waals surface area contributed by atoms with E-state index in [0.717, 1.165) is 11.4 Å². The molecule has 1 heteroatoms. The number of likely N-dealkylation sites (N-methyl/N-ethyl adjacent to an activating group) is 1. The van der Waals surface area contributed by atoms with Crippen molar-refractivity contribution in [2.75, 3.05) is 7.05 Å². The Kier molecular flexibility index (Phi) is 7.60. The summed E-state index contributed by atoms with van der Waals surface area (Å²) in [5.74, 6) is 0. The number of hydrogen-bond acceptors (Lipinski definition) is 1. The van der Waals surface area contributed by atoms with Crippen LogP contribution >= 0.6 is 0 Å². The molecule has 0 bridgehead atoms. The molecule has 0 aliphatic heterocycles. The lowest BCUT2D eigenvalue weighted by molar-refractivity contribution is 0.554.